The van der Waals surface area contributed by atoms with Crippen molar-refractivity contribution in [2.75, 3.05) is 26.8 Å². The standard InChI is InChI=1S/C20H22F2N2O6/c1-3-23(11-14-12-28-16-6-4-5-7-17(16)29-14)10-13-8-18(27-2)19(30-20(21)22)9-15(13)24(25)26/h4-9,14,20H,3,10-12H2,1-2H3/t14-/m0/s1. The zero-order valence-electron chi connectivity index (χ0n) is 16.5. The zero-order chi connectivity index (χ0) is 21.7. The van der Waals surface area contributed by atoms with Gasteiger partial charge in [-0.3, -0.25) is 15.0 Å². The molecule has 0 saturated carbocycles. The second-order valence-corrected chi connectivity index (χ2v) is 6.59. The molecule has 0 spiro atoms. The van der Waals surface area contributed by atoms with E-state index >= 15 is 0 Å². The van der Waals surface area contributed by atoms with Crippen LogP contribution in [0.2, 0.25) is 0 Å². The summed E-state index contributed by atoms with van der Waals surface area (Å²) in [5.74, 6) is 0.933. The third-order valence-corrected chi connectivity index (χ3v) is 4.65. The Bertz CT molecular complexity index is 896. The molecule has 1 heterocycles. The monoisotopic (exact) mass is 424 g/mol. The highest BCUT2D eigenvalue weighted by molar-refractivity contribution is 5.54. The molecule has 0 saturated heterocycles. The van der Waals surface area contributed by atoms with Crippen LogP contribution in [0, 0.1) is 10.1 Å². The van der Waals surface area contributed by atoms with Crippen LogP contribution in [0.1, 0.15) is 12.5 Å². The van der Waals surface area contributed by atoms with Gasteiger partial charge in [-0.1, -0.05) is 19.1 Å². The predicted molar refractivity (Wildman–Crippen MR) is 104 cm³/mol. The molecule has 0 unspecified atom stereocenters. The first-order valence-corrected chi connectivity index (χ1v) is 9.32. The van der Waals surface area contributed by atoms with Crippen LogP contribution in [-0.2, 0) is 6.54 Å². The highest BCUT2D eigenvalue weighted by atomic mass is 19.3. The van der Waals surface area contributed by atoms with Crippen molar-refractivity contribution >= 4 is 5.69 Å². The number of rotatable bonds is 9. The number of hydrogen-bond acceptors (Lipinski definition) is 7. The smallest absolute Gasteiger partial charge is 0.387 e. The number of alkyl halides is 2. The van der Waals surface area contributed by atoms with E-state index in [0.29, 0.717) is 36.8 Å². The molecule has 1 atom stereocenters. The Balaban J connectivity index is 1.78. The van der Waals surface area contributed by atoms with Gasteiger partial charge in [0.25, 0.3) is 5.69 Å². The zero-order valence-corrected chi connectivity index (χ0v) is 16.5. The Labute approximate surface area is 172 Å². The quantitative estimate of drug-likeness (QED) is 0.446. The number of nitrogens with zero attached hydrogens (tertiary/aromatic N) is 2. The number of fused-ring (bicyclic) bond motifs is 1. The van der Waals surface area contributed by atoms with Crippen LogP contribution in [0.15, 0.2) is 36.4 Å². The summed E-state index contributed by atoms with van der Waals surface area (Å²) in [4.78, 5) is 12.8. The Morgan fingerprint density at radius 3 is 2.63 bits per heavy atom. The second kappa shape index (κ2) is 9.57. The fourth-order valence-corrected chi connectivity index (χ4v) is 3.22. The average Bonchev–Trinajstić information content (AvgIpc) is 2.73. The fraction of sp³-hybridized carbons (Fsp3) is 0.400. The van der Waals surface area contributed by atoms with E-state index in [1.165, 1.54) is 13.2 Å². The van der Waals surface area contributed by atoms with Crippen molar-refractivity contribution in [1.29, 1.82) is 0 Å². The van der Waals surface area contributed by atoms with Gasteiger partial charge in [-0.25, -0.2) is 0 Å². The van der Waals surface area contributed by atoms with E-state index in [4.69, 9.17) is 14.2 Å². The minimum atomic E-state index is -3.12. The lowest BCUT2D eigenvalue weighted by Crippen LogP contribution is -2.40. The number of likely N-dealkylation sites (N-methyl/N-ethyl adjacent to an activating group) is 1. The minimum absolute atomic E-state index is 0.00173. The number of benzene rings is 2. The molecule has 10 heteroatoms. The SMILES string of the molecule is CCN(Cc1cc(OC)c(OC(F)F)cc1[N+](=O)[O-])C[C@H]1COc2ccccc2O1. The van der Waals surface area contributed by atoms with Crippen LogP contribution in [-0.4, -0.2) is 49.3 Å². The van der Waals surface area contributed by atoms with Crippen molar-refractivity contribution < 1.29 is 32.7 Å². The summed E-state index contributed by atoms with van der Waals surface area (Å²) in [6.45, 7) is 0.368. The predicted octanol–water partition coefficient (Wildman–Crippen LogP) is 3.87. The van der Waals surface area contributed by atoms with Crippen LogP contribution in [0.4, 0.5) is 14.5 Å². The highest BCUT2D eigenvalue weighted by Crippen LogP contribution is 2.36. The highest BCUT2D eigenvalue weighted by Gasteiger charge is 2.26. The topological polar surface area (TPSA) is 83.3 Å². The lowest BCUT2D eigenvalue weighted by Gasteiger charge is -2.30. The summed E-state index contributed by atoms with van der Waals surface area (Å²) < 4.78 is 46.3. The Hall–Kier alpha value is -3.14. The molecule has 30 heavy (non-hydrogen) atoms. The molecule has 0 aliphatic carbocycles. The van der Waals surface area contributed by atoms with Gasteiger partial charge in [-0.2, -0.15) is 8.78 Å². The van der Waals surface area contributed by atoms with Crippen LogP contribution >= 0.6 is 0 Å². The number of nitro groups is 1. The van der Waals surface area contributed by atoms with Crippen LogP contribution in [0.3, 0.4) is 0 Å². The summed E-state index contributed by atoms with van der Waals surface area (Å²) in [7, 11) is 1.28. The number of ether oxygens (including phenoxy) is 4. The van der Waals surface area contributed by atoms with Crippen molar-refractivity contribution in [2.45, 2.75) is 26.2 Å². The van der Waals surface area contributed by atoms with Gasteiger partial charge in [-0.15, -0.1) is 0 Å². The van der Waals surface area contributed by atoms with Crippen molar-refractivity contribution in [3.8, 4) is 23.0 Å². The fourth-order valence-electron chi connectivity index (χ4n) is 3.22. The molecule has 2 aromatic rings. The van der Waals surface area contributed by atoms with Gasteiger partial charge in [0.15, 0.2) is 23.0 Å². The van der Waals surface area contributed by atoms with Gasteiger partial charge in [0, 0.05) is 18.7 Å². The third kappa shape index (κ3) is 5.07. The summed E-state index contributed by atoms with van der Waals surface area (Å²) in [6.07, 6.45) is -0.262. The number of halogens is 2. The maximum Gasteiger partial charge on any atom is 0.387 e. The number of para-hydroxylation sites is 2. The summed E-state index contributed by atoms with van der Waals surface area (Å²) in [5.41, 5.74) is -0.00602. The van der Waals surface area contributed by atoms with E-state index in [-0.39, 0.29) is 29.8 Å². The van der Waals surface area contributed by atoms with Gasteiger partial charge < -0.3 is 18.9 Å². The van der Waals surface area contributed by atoms with Gasteiger partial charge in [-0.05, 0) is 24.7 Å². The molecule has 0 aromatic heterocycles. The summed E-state index contributed by atoms with van der Waals surface area (Å²) >= 11 is 0. The van der Waals surface area contributed by atoms with E-state index in [1.54, 1.807) is 0 Å². The third-order valence-electron chi connectivity index (χ3n) is 4.65. The van der Waals surface area contributed by atoms with Gasteiger partial charge in [0.05, 0.1) is 18.1 Å². The van der Waals surface area contributed by atoms with E-state index in [9.17, 15) is 18.9 Å². The first-order chi connectivity index (χ1) is 14.4. The van der Waals surface area contributed by atoms with Gasteiger partial charge >= 0.3 is 6.61 Å². The van der Waals surface area contributed by atoms with Crippen molar-refractivity contribution in [2.24, 2.45) is 0 Å². The molecule has 162 valence electrons. The van der Waals surface area contributed by atoms with E-state index in [2.05, 4.69) is 4.74 Å². The molecule has 0 N–H and O–H groups in total. The average molecular weight is 424 g/mol. The maximum atomic E-state index is 12.6. The Morgan fingerprint density at radius 2 is 2.00 bits per heavy atom. The van der Waals surface area contributed by atoms with Crippen molar-refractivity contribution in [3.63, 3.8) is 0 Å². The molecule has 0 bridgehead atoms. The molecule has 2 aromatic carbocycles. The first kappa shape index (κ1) is 21.6. The van der Waals surface area contributed by atoms with E-state index in [0.717, 1.165) is 6.07 Å². The van der Waals surface area contributed by atoms with Gasteiger partial charge in [0.2, 0.25) is 0 Å². The Morgan fingerprint density at radius 1 is 1.27 bits per heavy atom. The summed E-state index contributed by atoms with van der Waals surface area (Å²) in [5, 5.41) is 11.5. The minimum Gasteiger partial charge on any atom is -0.493 e. The maximum absolute atomic E-state index is 12.6. The van der Waals surface area contributed by atoms with Gasteiger partial charge in [0.1, 0.15) is 12.7 Å². The van der Waals surface area contributed by atoms with Crippen molar-refractivity contribution in [1.82, 2.24) is 4.90 Å². The molecule has 0 fully saturated rings. The molecule has 0 radical (unpaired) electrons. The molecule has 3 rings (SSSR count). The van der Waals surface area contributed by atoms with Crippen molar-refractivity contribution in [3.05, 3.63) is 52.1 Å². The number of nitro benzene ring substituents is 1. The lowest BCUT2D eigenvalue weighted by molar-refractivity contribution is -0.385. The molecule has 1 aliphatic rings. The largest absolute Gasteiger partial charge is 0.493 e. The number of methoxy groups -OCH3 is 1. The lowest BCUT2D eigenvalue weighted by atomic mass is 10.1. The van der Waals surface area contributed by atoms with E-state index in [1.807, 2.05) is 36.1 Å². The van der Waals surface area contributed by atoms with Crippen LogP contribution < -0.4 is 18.9 Å². The molecule has 1 aliphatic heterocycles. The second-order valence-electron chi connectivity index (χ2n) is 6.59. The van der Waals surface area contributed by atoms with Crippen LogP contribution in [0.25, 0.3) is 0 Å². The normalized spacial score (nSPS) is 15.3. The summed E-state index contributed by atoms with van der Waals surface area (Å²) in [6, 6.07) is 9.66. The number of hydrogen-bond donors (Lipinski definition) is 0. The molecular formula is C20H22F2N2O6. The van der Waals surface area contributed by atoms with Crippen LogP contribution in [0.5, 0.6) is 23.0 Å². The molecule has 8 nitrogen and oxygen atoms in total. The van der Waals surface area contributed by atoms with E-state index < -0.39 is 11.5 Å². The Kier molecular flexibility index (Phi) is 6.88. The molecule has 0 amide bonds. The first-order valence-electron chi connectivity index (χ1n) is 9.32. The molecular weight excluding hydrogens is 402 g/mol.